The summed E-state index contributed by atoms with van der Waals surface area (Å²) in [7, 11) is 0. The summed E-state index contributed by atoms with van der Waals surface area (Å²) >= 11 is 0. The molecule has 28 heavy (non-hydrogen) atoms. The van der Waals surface area contributed by atoms with Gasteiger partial charge in [0, 0.05) is 19.1 Å². The Kier molecular flexibility index (Phi) is 5.58. The van der Waals surface area contributed by atoms with Crippen molar-refractivity contribution < 1.29 is 27.9 Å². The summed E-state index contributed by atoms with van der Waals surface area (Å²) in [5.41, 5.74) is 0.156. The van der Waals surface area contributed by atoms with Crippen LogP contribution >= 0.6 is 0 Å². The van der Waals surface area contributed by atoms with Crippen molar-refractivity contribution in [3.05, 3.63) is 70.8 Å². The van der Waals surface area contributed by atoms with Crippen LogP contribution in [0.3, 0.4) is 0 Å². The summed E-state index contributed by atoms with van der Waals surface area (Å²) in [6, 6.07) is 10.8. The molecule has 2 aromatic carbocycles. The SMILES string of the molecule is O=C(O)c1ccc(CNC(=O)N(Cc2ccccc2C(F)(F)F)C2CC2)cc1. The molecule has 148 valence electrons. The second kappa shape index (κ2) is 7.92. The third-order valence-corrected chi connectivity index (χ3v) is 4.56. The van der Waals surface area contributed by atoms with Crippen molar-refractivity contribution >= 4 is 12.0 Å². The predicted molar refractivity (Wildman–Crippen MR) is 95.6 cm³/mol. The Hall–Kier alpha value is -3.03. The lowest BCUT2D eigenvalue weighted by Crippen LogP contribution is -2.41. The molecule has 5 nitrogen and oxygen atoms in total. The molecule has 0 aromatic heterocycles. The van der Waals surface area contributed by atoms with E-state index in [1.807, 2.05) is 0 Å². The van der Waals surface area contributed by atoms with Gasteiger partial charge < -0.3 is 15.3 Å². The summed E-state index contributed by atoms with van der Waals surface area (Å²) in [4.78, 5) is 24.9. The highest BCUT2D eigenvalue weighted by atomic mass is 19.4. The highest BCUT2D eigenvalue weighted by Gasteiger charge is 2.37. The van der Waals surface area contributed by atoms with Crippen molar-refractivity contribution in [2.24, 2.45) is 0 Å². The van der Waals surface area contributed by atoms with Gasteiger partial charge in [0.1, 0.15) is 0 Å². The molecule has 0 radical (unpaired) electrons. The van der Waals surface area contributed by atoms with Crippen molar-refractivity contribution in [1.29, 1.82) is 0 Å². The third kappa shape index (κ3) is 4.82. The molecule has 0 heterocycles. The van der Waals surface area contributed by atoms with E-state index in [0.29, 0.717) is 5.56 Å². The maximum Gasteiger partial charge on any atom is 0.416 e. The van der Waals surface area contributed by atoms with Crippen LogP contribution in [0.4, 0.5) is 18.0 Å². The Morgan fingerprint density at radius 1 is 1.07 bits per heavy atom. The lowest BCUT2D eigenvalue weighted by Gasteiger charge is -2.24. The number of carbonyl (C=O) groups excluding carboxylic acids is 1. The minimum absolute atomic E-state index is 0.0582. The minimum Gasteiger partial charge on any atom is -0.478 e. The topological polar surface area (TPSA) is 69.6 Å². The van der Waals surface area contributed by atoms with Gasteiger partial charge in [-0.25, -0.2) is 9.59 Å². The number of amides is 2. The highest BCUT2D eigenvalue weighted by molar-refractivity contribution is 5.87. The molecule has 0 spiro atoms. The summed E-state index contributed by atoms with van der Waals surface area (Å²) < 4.78 is 39.6. The molecule has 0 saturated heterocycles. The Bertz CT molecular complexity index is 862. The van der Waals surface area contributed by atoms with E-state index in [2.05, 4.69) is 5.32 Å². The number of nitrogens with one attached hydrogen (secondary N) is 1. The standard InChI is InChI=1S/C20H19F3N2O3/c21-20(22,23)17-4-2-1-3-15(17)12-25(16-9-10-16)19(28)24-11-13-5-7-14(8-6-13)18(26)27/h1-8,16H,9-12H2,(H,24,28)(H,26,27). The first kappa shape index (κ1) is 19.7. The van der Waals surface area contributed by atoms with Gasteiger partial charge in [0.05, 0.1) is 11.1 Å². The van der Waals surface area contributed by atoms with Gasteiger partial charge in [0.2, 0.25) is 0 Å². The van der Waals surface area contributed by atoms with E-state index in [1.165, 1.54) is 35.2 Å². The van der Waals surface area contributed by atoms with Crippen LogP contribution in [0, 0.1) is 0 Å². The van der Waals surface area contributed by atoms with E-state index in [4.69, 9.17) is 5.11 Å². The van der Waals surface area contributed by atoms with E-state index in [1.54, 1.807) is 12.1 Å². The first-order valence-corrected chi connectivity index (χ1v) is 8.77. The number of hydrogen-bond donors (Lipinski definition) is 2. The number of rotatable bonds is 6. The highest BCUT2D eigenvalue weighted by Crippen LogP contribution is 2.34. The molecule has 1 saturated carbocycles. The molecule has 2 aromatic rings. The second-order valence-electron chi connectivity index (χ2n) is 6.67. The molecule has 8 heteroatoms. The Morgan fingerprint density at radius 2 is 1.71 bits per heavy atom. The average Bonchev–Trinajstić information content (AvgIpc) is 3.49. The first-order valence-electron chi connectivity index (χ1n) is 8.77. The number of carbonyl (C=O) groups is 2. The van der Waals surface area contributed by atoms with Crippen LogP contribution in [-0.2, 0) is 19.3 Å². The zero-order chi connectivity index (χ0) is 20.3. The molecule has 2 N–H and O–H groups in total. The van der Waals surface area contributed by atoms with E-state index in [0.717, 1.165) is 18.9 Å². The number of urea groups is 1. The van der Waals surface area contributed by atoms with E-state index in [9.17, 15) is 22.8 Å². The molecule has 0 aliphatic heterocycles. The van der Waals surface area contributed by atoms with E-state index in [-0.39, 0.29) is 30.3 Å². The predicted octanol–water partition coefficient (Wildman–Crippen LogP) is 4.28. The quantitative estimate of drug-likeness (QED) is 0.771. The maximum absolute atomic E-state index is 13.2. The minimum atomic E-state index is -4.48. The molecule has 0 bridgehead atoms. The van der Waals surface area contributed by atoms with Crippen molar-refractivity contribution in [1.82, 2.24) is 10.2 Å². The van der Waals surface area contributed by atoms with Gasteiger partial charge in [-0.1, -0.05) is 30.3 Å². The third-order valence-electron chi connectivity index (χ3n) is 4.56. The fraction of sp³-hybridized carbons (Fsp3) is 0.300. The number of carboxylic acid groups (broad SMARTS) is 1. The van der Waals surface area contributed by atoms with Gasteiger partial charge in [-0.05, 0) is 42.2 Å². The van der Waals surface area contributed by atoms with Crippen LogP contribution in [0.2, 0.25) is 0 Å². The Labute approximate surface area is 159 Å². The fourth-order valence-corrected chi connectivity index (χ4v) is 2.92. The van der Waals surface area contributed by atoms with Crippen molar-refractivity contribution in [2.45, 2.75) is 38.1 Å². The van der Waals surface area contributed by atoms with Crippen LogP contribution in [0.25, 0.3) is 0 Å². The molecule has 1 aliphatic rings. The van der Waals surface area contributed by atoms with Crippen molar-refractivity contribution in [3.8, 4) is 0 Å². The van der Waals surface area contributed by atoms with Crippen LogP contribution in [0.15, 0.2) is 48.5 Å². The molecule has 0 atom stereocenters. The van der Waals surface area contributed by atoms with Gasteiger partial charge >= 0.3 is 18.2 Å². The normalized spacial score (nSPS) is 13.8. The number of nitrogens with zero attached hydrogens (tertiary/aromatic N) is 1. The van der Waals surface area contributed by atoms with Gasteiger partial charge in [-0.2, -0.15) is 13.2 Å². The Balaban J connectivity index is 1.68. The second-order valence-corrected chi connectivity index (χ2v) is 6.67. The van der Waals surface area contributed by atoms with Gasteiger partial charge in [-0.3, -0.25) is 0 Å². The molecule has 3 rings (SSSR count). The van der Waals surface area contributed by atoms with E-state index >= 15 is 0 Å². The summed E-state index contributed by atoms with van der Waals surface area (Å²) in [6.45, 7) is 0.0347. The number of carboxylic acids is 1. The van der Waals surface area contributed by atoms with Crippen LogP contribution in [0.5, 0.6) is 0 Å². The van der Waals surface area contributed by atoms with Gasteiger partial charge in [0.15, 0.2) is 0 Å². The average molecular weight is 392 g/mol. The van der Waals surface area contributed by atoms with Gasteiger partial charge in [-0.15, -0.1) is 0 Å². The molecular weight excluding hydrogens is 373 g/mol. The van der Waals surface area contributed by atoms with Gasteiger partial charge in [0.25, 0.3) is 0 Å². The smallest absolute Gasteiger partial charge is 0.416 e. The monoisotopic (exact) mass is 392 g/mol. The fourth-order valence-electron chi connectivity index (χ4n) is 2.92. The first-order chi connectivity index (χ1) is 13.3. The lowest BCUT2D eigenvalue weighted by molar-refractivity contribution is -0.138. The number of aromatic carboxylic acids is 1. The van der Waals surface area contributed by atoms with Crippen LogP contribution < -0.4 is 5.32 Å². The van der Waals surface area contributed by atoms with E-state index < -0.39 is 23.7 Å². The number of alkyl halides is 3. The largest absolute Gasteiger partial charge is 0.478 e. The zero-order valence-electron chi connectivity index (χ0n) is 14.9. The Morgan fingerprint density at radius 3 is 2.29 bits per heavy atom. The number of halogens is 3. The lowest BCUT2D eigenvalue weighted by atomic mass is 10.1. The molecule has 0 unspecified atom stereocenters. The molecule has 1 fully saturated rings. The van der Waals surface area contributed by atoms with Crippen LogP contribution in [-0.4, -0.2) is 28.0 Å². The maximum atomic E-state index is 13.2. The molecule has 1 aliphatic carbocycles. The van der Waals surface area contributed by atoms with Crippen molar-refractivity contribution in [2.75, 3.05) is 0 Å². The molecular formula is C20H19F3N2O3. The summed E-state index contributed by atoms with van der Waals surface area (Å²) in [5, 5.41) is 11.6. The number of benzene rings is 2. The summed E-state index contributed by atoms with van der Waals surface area (Å²) in [5.74, 6) is -1.04. The van der Waals surface area contributed by atoms with Crippen molar-refractivity contribution in [3.63, 3.8) is 0 Å². The summed E-state index contributed by atoms with van der Waals surface area (Å²) in [6.07, 6.45) is -2.96. The number of hydrogen-bond acceptors (Lipinski definition) is 2. The van der Waals surface area contributed by atoms with Crippen LogP contribution in [0.1, 0.15) is 39.9 Å². The zero-order valence-corrected chi connectivity index (χ0v) is 14.9. The molecule has 2 amide bonds.